The lowest BCUT2D eigenvalue weighted by Crippen LogP contribution is -2.22. The Morgan fingerprint density at radius 3 is 2.47 bits per heavy atom. The number of carbonyl (C=O) groups is 1. The predicted molar refractivity (Wildman–Crippen MR) is 79.3 cm³/mol. The zero-order chi connectivity index (χ0) is 14.4. The molecule has 0 aliphatic carbocycles. The van der Waals surface area contributed by atoms with Crippen LogP contribution < -0.4 is 15.0 Å². The first-order valence-electron chi connectivity index (χ1n) is 5.96. The van der Waals surface area contributed by atoms with Crippen LogP contribution in [0.3, 0.4) is 0 Å². The molecule has 1 rings (SSSR count). The first-order valence-corrected chi connectivity index (χ1v) is 6.40. The number of nitrogens with one attached hydrogen (secondary N) is 1. The van der Waals surface area contributed by atoms with Crippen LogP contribution in [-0.4, -0.2) is 26.7 Å². The van der Waals surface area contributed by atoms with E-state index >= 15 is 0 Å². The quantitative estimate of drug-likeness (QED) is 0.922. The van der Waals surface area contributed by atoms with Crippen LogP contribution in [0.1, 0.15) is 11.1 Å². The molecule has 0 aliphatic heterocycles. The lowest BCUT2D eigenvalue weighted by Gasteiger charge is -2.22. The van der Waals surface area contributed by atoms with Gasteiger partial charge in [0.05, 0.1) is 0 Å². The monoisotopic (exact) mass is 282 g/mol. The molecule has 1 amide bonds. The Kier molecular flexibility index (Phi) is 5.70. The number of amides is 1. The van der Waals surface area contributed by atoms with Gasteiger partial charge in [-0.25, -0.2) is 4.79 Å². The molecule has 19 heavy (non-hydrogen) atoms. The third-order valence-corrected chi connectivity index (χ3v) is 2.91. The molecule has 0 radical (unpaired) electrons. The minimum atomic E-state index is -0.468. The van der Waals surface area contributed by atoms with E-state index in [1.54, 1.807) is 0 Å². The lowest BCUT2D eigenvalue weighted by molar-refractivity contribution is 0.203. The van der Waals surface area contributed by atoms with E-state index < -0.39 is 6.09 Å². The van der Waals surface area contributed by atoms with E-state index in [0.29, 0.717) is 5.75 Å². The average molecular weight is 283 g/mol. The molecule has 0 saturated heterocycles. The van der Waals surface area contributed by atoms with Crippen molar-refractivity contribution in [2.45, 2.75) is 13.8 Å². The maximum atomic E-state index is 11.2. The number of benzene rings is 1. The molecule has 0 aromatic heterocycles. The number of likely N-dealkylation sites (N-methyl/N-ethyl adjacent to an activating group) is 1. The Labute approximate surface area is 119 Å². The Hall–Kier alpha value is -1.68. The average Bonchev–Trinajstić information content (AvgIpc) is 2.35. The fraction of sp³-hybridized carbons (Fsp3) is 0.357. The van der Waals surface area contributed by atoms with Crippen LogP contribution in [0.5, 0.6) is 5.75 Å². The van der Waals surface area contributed by atoms with Gasteiger partial charge in [-0.2, -0.15) is 0 Å². The van der Waals surface area contributed by atoms with Crippen molar-refractivity contribution in [3.8, 4) is 5.75 Å². The summed E-state index contributed by atoms with van der Waals surface area (Å²) < 4.78 is 5.14. The molecule has 0 aliphatic rings. The number of hydrogen-bond acceptors (Lipinski definition) is 3. The van der Waals surface area contributed by atoms with Crippen molar-refractivity contribution in [3.05, 3.63) is 34.9 Å². The maximum Gasteiger partial charge on any atom is 0.412 e. The van der Waals surface area contributed by atoms with Crippen LogP contribution in [0.15, 0.2) is 23.7 Å². The summed E-state index contributed by atoms with van der Waals surface area (Å²) in [4.78, 5) is 13.3. The molecular weight excluding hydrogens is 264 g/mol. The van der Waals surface area contributed by atoms with Gasteiger partial charge in [0.15, 0.2) is 0 Å². The van der Waals surface area contributed by atoms with Crippen LogP contribution in [0, 0.1) is 13.8 Å². The molecule has 0 bridgehead atoms. The summed E-state index contributed by atoms with van der Waals surface area (Å²) >= 11 is 5.54. The van der Waals surface area contributed by atoms with E-state index in [1.165, 1.54) is 12.6 Å². The van der Waals surface area contributed by atoms with Gasteiger partial charge in [0, 0.05) is 31.9 Å². The molecule has 0 spiro atoms. The number of hydrogen-bond donors (Lipinski definition) is 1. The van der Waals surface area contributed by atoms with E-state index in [9.17, 15) is 4.79 Å². The highest BCUT2D eigenvalue weighted by Crippen LogP contribution is 2.28. The summed E-state index contributed by atoms with van der Waals surface area (Å²) in [6.45, 7) is 4.70. The Morgan fingerprint density at radius 2 is 2.00 bits per heavy atom. The van der Waals surface area contributed by atoms with Crippen molar-refractivity contribution in [1.82, 2.24) is 5.32 Å². The van der Waals surface area contributed by atoms with Crippen molar-refractivity contribution in [2.75, 3.05) is 25.5 Å². The summed E-state index contributed by atoms with van der Waals surface area (Å²) in [6, 6.07) is 3.69. The minimum Gasteiger partial charge on any atom is -0.410 e. The molecule has 0 heterocycles. The molecule has 0 unspecified atom stereocenters. The topological polar surface area (TPSA) is 41.6 Å². The van der Waals surface area contributed by atoms with Crippen molar-refractivity contribution < 1.29 is 9.53 Å². The fourth-order valence-electron chi connectivity index (χ4n) is 2.02. The molecule has 0 fully saturated rings. The van der Waals surface area contributed by atoms with E-state index in [2.05, 4.69) is 10.2 Å². The molecule has 0 atom stereocenters. The van der Waals surface area contributed by atoms with Gasteiger partial charge in [0.1, 0.15) is 5.75 Å². The first-order chi connectivity index (χ1) is 8.99. The summed E-state index contributed by atoms with van der Waals surface area (Å²) in [5.41, 5.74) is 4.71. The van der Waals surface area contributed by atoms with Gasteiger partial charge in [0.25, 0.3) is 0 Å². The second-order valence-corrected chi connectivity index (χ2v) is 4.54. The number of aryl methyl sites for hydroxylation is 2. The molecule has 1 aromatic rings. The van der Waals surface area contributed by atoms with Crippen LogP contribution in [0.25, 0.3) is 0 Å². The van der Waals surface area contributed by atoms with Gasteiger partial charge in [-0.3, -0.25) is 0 Å². The number of anilines is 1. The van der Waals surface area contributed by atoms with Gasteiger partial charge in [-0.1, -0.05) is 17.7 Å². The van der Waals surface area contributed by atoms with Crippen molar-refractivity contribution in [2.24, 2.45) is 0 Å². The lowest BCUT2D eigenvalue weighted by atomic mass is 10.1. The highest BCUT2D eigenvalue weighted by molar-refractivity contribution is 6.25. The van der Waals surface area contributed by atoms with E-state index in [4.69, 9.17) is 16.3 Å². The van der Waals surface area contributed by atoms with Crippen LogP contribution in [-0.2, 0) is 0 Å². The molecule has 1 N–H and O–H groups in total. The number of carbonyl (C=O) groups excluding carboxylic acids is 1. The molecule has 1 aromatic carbocycles. The van der Waals surface area contributed by atoms with Gasteiger partial charge in [0.2, 0.25) is 0 Å². The number of rotatable bonds is 4. The third kappa shape index (κ3) is 4.17. The van der Waals surface area contributed by atoms with E-state index in [0.717, 1.165) is 23.4 Å². The second-order valence-electron chi connectivity index (χ2n) is 4.29. The summed E-state index contributed by atoms with van der Waals surface area (Å²) in [5.74, 6) is 0.541. The first kappa shape index (κ1) is 15.4. The maximum absolute atomic E-state index is 11.2. The van der Waals surface area contributed by atoms with Gasteiger partial charge in [-0.05, 0) is 37.1 Å². The second kappa shape index (κ2) is 7.04. The summed E-state index contributed by atoms with van der Waals surface area (Å²) in [7, 11) is 3.52. The van der Waals surface area contributed by atoms with Gasteiger partial charge < -0.3 is 15.0 Å². The minimum absolute atomic E-state index is 0.468. The van der Waals surface area contributed by atoms with Crippen LogP contribution >= 0.6 is 11.6 Å². The largest absolute Gasteiger partial charge is 0.412 e. The standard InChI is InChI=1S/C14H19ClN2O2/c1-10-8-12(19-14(18)16-3)9-11(2)13(10)17(4)7-5-6-15/h5-6,8-9H,7H2,1-4H3,(H,16,18). The van der Waals surface area contributed by atoms with Crippen molar-refractivity contribution in [1.29, 1.82) is 0 Å². The van der Waals surface area contributed by atoms with Crippen LogP contribution in [0.2, 0.25) is 0 Å². The molecular formula is C14H19ClN2O2. The Morgan fingerprint density at radius 1 is 1.42 bits per heavy atom. The smallest absolute Gasteiger partial charge is 0.410 e. The van der Waals surface area contributed by atoms with E-state index in [-0.39, 0.29) is 0 Å². The van der Waals surface area contributed by atoms with E-state index in [1.807, 2.05) is 39.1 Å². The Balaban J connectivity index is 3.00. The molecule has 104 valence electrons. The number of nitrogens with zero attached hydrogens (tertiary/aromatic N) is 1. The van der Waals surface area contributed by atoms with Crippen molar-refractivity contribution >= 4 is 23.4 Å². The van der Waals surface area contributed by atoms with Crippen LogP contribution in [0.4, 0.5) is 10.5 Å². The summed E-state index contributed by atoms with van der Waals surface area (Å²) in [5, 5.41) is 2.42. The number of ether oxygens (including phenoxy) is 1. The van der Waals surface area contributed by atoms with Crippen molar-refractivity contribution in [3.63, 3.8) is 0 Å². The summed E-state index contributed by atoms with van der Waals surface area (Å²) in [6.07, 6.45) is 1.40. The fourth-order valence-corrected chi connectivity index (χ4v) is 2.10. The predicted octanol–water partition coefficient (Wildman–Crippen LogP) is 3.21. The molecule has 4 nitrogen and oxygen atoms in total. The SMILES string of the molecule is CNC(=O)Oc1cc(C)c(N(C)CC=CCl)c(C)c1. The molecule has 5 heteroatoms. The van der Waals surface area contributed by atoms with Gasteiger partial charge in [-0.15, -0.1) is 0 Å². The highest BCUT2D eigenvalue weighted by Gasteiger charge is 2.11. The zero-order valence-electron chi connectivity index (χ0n) is 11.7. The van der Waals surface area contributed by atoms with Gasteiger partial charge >= 0.3 is 6.09 Å². The highest BCUT2D eigenvalue weighted by atomic mass is 35.5. The number of halogens is 1. The zero-order valence-corrected chi connectivity index (χ0v) is 12.4. The normalized spacial score (nSPS) is 10.6. The third-order valence-electron chi connectivity index (χ3n) is 2.73. The Bertz CT molecular complexity index is 463. The molecule has 0 saturated carbocycles.